The summed E-state index contributed by atoms with van der Waals surface area (Å²) in [7, 11) is 0. The molecule has 0 aliphatic rings. The second kappa shape index (κ2) is 9.31. The zero-order valence-electron chi connectivity index (χ0n) is 12.1. The smallest absolute Gasteiger partial charge is 0.227 e. The summed E-state index contributed by atoms with van der Waals surface area (Å²) in [6, 6.07) is 0. The van der Waals surface area contributed by atoms with Gasteiger partial charge >= 0.3 is 0 Å². The topological polar surface area (TPSA) is 124 Å². The number of anilines is 1. The number of nitrogens with one attached hydrogen (secondary N) is 3. The van der Waals surface area contributed by atoms with E-state index >= 15 is 0 Å². The average Bonchev–Trinajstić information content (AvgIpc) is 2.83. The van der Waals surface area contributed by atoms with Gasteiger partial charge in [-0.05, 0) is 28.6 Å². The summed E-state index contributed by atoms with van der Waals surface area (Å²) < 4.78 is 6.09. The summed E-state index contributed by atoms with van der Waals surface area (Å²) in [5.41, 5.74) is 13.4. The summed E-state index contributed by atoms with van der Waals surface area (Å²) in [6.07, 6.45) is 3.09. The molecule has 0 spiro atoms. The van der Waals surface area contributed by atoms with Crippen molar-refractivity contribution in [1.29, 1.82) is 10.9 Å². The van der Waals surface area contributed by atoms with Gasteiger partial charge < -0.3 is 15.8 Å². The Balaban J connectivity index is 2.69. The van der Waals surface area contributed by atoms with Crippen LogP contribution in [-0.4, -0.2) is 18.3 Å². The Labute approximate surface area is 141 Å². The van der Waals surface area contributed by atoms with Crippen LogP contribution in [0.25, 0.3) is 0 Å². The zero-order chi connectivity index (χ0) is 16.5. The van der Waals surface area contributed by atoms with Gasteiger partial charge in [-0.15, -0.1) is 11.3 Å². The molecule has 1 aromatic rings. The van der Waals surface area contributed by atoms with Crippen LogP contribution in [0.1, 0.15) is 18.9 Å². The van der Waals surface area contributed by atoms with Crippen molar-refractivity contribution in [2.75, 3.05) is 11.9 Å². The molecule has 1 heterocycles. The maximum absolute atomic E-state index is 12.1. The van der Waals surface area contributed by atoms with E-state index < -0.39 is 0 Å². The first-order valence-corrected chi connectivity index (χ1v) is 8.16. The van der Waals surface area contributed by atoms with Crippen LogP contribution in [0.2, 0.25) is 0 Å². The number of carbonyl (C=O) groups is 1. The van der Waals surface area contributed by atoms with Crippen molar-refractivity contribution in [1.82, 2.24) is 0 Å². The van der Waals surface area contributed by atoms with Crippen molar-refractivity contribution in [3.8, 4) is 0 Å². The van der Waals surface area contributed by atoms with E-state index in [4.69, 9.17) is 21.4 Å². The molecule has 0 aliphatic heterocycles. The maximum Gasteiger partial charge on any atom is 0.227 e. The van der Waals surface area contributed by atoms with Gasteiger partial charge in [0.1, 0.15) is 6.61 Å². The van der Waals surface area contributed by atoms with Gasteiger partial charge in [0.2, 0.25) is 11.8 Å². The quantitative estimate of drug-likeness (QED) is 0.310. The summed E-state index contributed by atoms with van der Waals surface area (Å²) >= 11 is 4.84. The minimum absolute atomic E-state index is 0.0525. The first kappa shape index (κ1) is 18.3. The van der Waals surface area contributed by atoms with Crippen molar-refractivity contribution in [3.05, 3.63) is 27.0 Å². The van der Waals surface area contributed by atoms with Gasteiger partial charge in [0.05, 0.1) is 16.0 Å². The molecule has 22 heavy (non-hydrogen) atoms. The van der Waals surface area contributed by atoms with Crippen molar-refractivity contribution >= 4 is 44.8 Å². The van der Waals surface area contributed by atoms with Crippen LogP contribution in [0.4, 0.5) is 5.69 Å². The third kappa shape index (κ3) is 5.57. The number of hydrogen-bond donors (Lipinski definition) is 4. The van der Waals surface area contributed by atoms with Crippen LogP contribution in [0.15, 0.2) is 26.6 Å². The number of rotatable bonds is 8. The fourth-order valence-corrected chi connectivity index (χ4v) is 2.87. The van der Waals surface area contributed by atoms with Crippen LogP contribution in [0.3, 0.4) is 0 Å². The molecule has 1 aromatic heterocycles. The van der Waals surface area contributed by atoms with Crippen LogP contribution in [0.5, 0.6) is 0 Å². The highest BCUT2D eigenvalue weighted by Gasteiger charge is 2.17. The number of nitrogens with two attached hydrogens (primary N) is 1. The molecule has 120 valence electrons. The Bertz CT molecular complexity index is 573. The number of nitrogens with zero attached hydrogens (tertiary/aromatic N) is 1. The Morgan fingerprint density at radius 3 is 3.05 bits per heavy atom. The lowest BCUT2D eigenvalue weighted by Crippen LogP contribution is -2.21. The molecule has 9 heteroatoms. The number of thiophene rings is 1. The summed E-state index contributed by atoms with van der Waals surface area (Å²) in [6.45, 7) is 2.28. The highest BCUT2D eigenvalue weighted by atomic mass is 79.9. The number of halogens is 1. The predicted molar refractivity (Wildman–Crippen MR) is 90.3 cm³/mol. The Hall–Kier alpha value is -1.74. The number of amides is 1. The fraction of sp³-hybridized carbons (Fsp3) is 0.385. The molecular formula is C13H18BrN5O2S. The number of ether oxygens (including phenoxy) is 1. The van der Waals surface area contributed by atoms with Gasteiger partial charge in [-0.25, -0.2) is 5.53 Å². The maximum atomic E-state index is 12.1. The second-order valence-electron chi connectivity index (χ2n) is 4.47. The van der Waals surface area contributed by atoms with Crippen LogP contribution < -0.4 is 11.1 Å². The minimum Gasteiger partial charge on any atom is -0.473 e. The van der Waals surface area contributed by atoms with Crippen molar-refractivity contribution in [2.24, 2.45) is 16.8 Å². The summed E-state index contributed by atoms with van der Waals surface area (Å²) in [5, 5.41) is 15.4. The van der Waals surface area contributed by atoms with Gasteiger partial charge in [-0.1, -0.05) is 6.92 Å². The zero-order valence-corrected chi connectivity index (χ0v) is 14.5. The van der Waals surface area contributed by atoms with Crippen LogP contribution in [0, 0.1) is 16.9 Å². The van der Waals surface area contributed by atoms with Gasteiger partial charge in [-0.3, -0.25) is 10.2 Å². The molecule has 1 amide bonds. The molecule has 1 unspecified atom stereocenters. The molecule has 0 fully saturated rings. The van der Waals surface area contributed by atoms with Crippen molar-refractivity contribution in [3.63, 3.8) is 0 Å². The van der Waals surface area contributed by atoms with E-state index in [2.05, 4.69) is 26.4 Å². The minimum atomic E-state index is -0.236. The van der Waals surface area contributed by atoms with Crippen LogP contribution >= 0.6 is 27.3 Å². The van der Waals surface area contributed by atoms with Crippen molar-refractivity contribution in [2.45, 2.75) is 20.0 Å². The molecule has 1 rings (SSSR count). The Morgan fingerprint density at radius 1 is 1.68 bits per heavy atom. The van der Waals surface area contributed by atoms with Gasteiger partial charge in [-0.2, -0.15) is 5.11 Å². The van der Waals surface area contributed by atoms with E-state index in [1.807, 2.05) is 5.38 Å². The SMILES string of the molecule is CC(CCN=N)C(=O)Nc1csc(Br)c1COC(=N)/C=C\N. The molecule has 0 radical (unpaired) electrons. The summed E-state index contributed by atoms with van der Waals surface area (Å²) in [5.74, 6) is -0.421. The van der Waals surface area contributed by atoms with Gasteiger partial charge in [0, 0.05) is 22.9 Å². The molecule has 0 aliphatic carbocycles. The Kier molecular flexibility index (Phi) is 7.75. The molecule has 1 atom stereocenters. The lowest BCUT2D eigenvalue weighted by Gasteiger charge is -2.12. The summed E-state index contributed by atoms with van der Waals surface area (Å²) in [4.78, 5) is 12.1. The third-order valence-corrected chi connectivity index (χ3v) is 4.69. The van der Waals surface area contributed by atoms with Gasteiger partial charge in [0.25, 0.3) is 0 Å². The monoisotopic (exact) mass is 387 g/mol. The van der Waals surface area contributed by atoms with E-state index in [0.29, 0.717) is 18.7 Å². The van der Waals surface area contributed by atoms with E-state index in [1.54, 1.807) is 6.92 Å². The Morgan fingerprint density at radius 2 is 2.41 bits per heavy atom. The number of carbonyl (C=O) groups excluding carboxylic acids is 1. The highest BCUT2D eigenvalue weighted by Crippen LogP contribution is 2.33. The standard InChI is InChI=1S/C13H18BrN5O2S/c1-8(3-5-18-17)13(20)19-10-7-22-12(14)9(10)6-21-11(16)2-4-15/h2,4,7-8,16-17H,3,5-6,15H2,1H3,(H,19,20)/b4-2-,16-11?,18-17?. The first-order valence-electron chi connectivity index (χ1n) is 6.49. The fourth-order valence-electron chi connectivity index (χ4n) is 1.53. The van der Waals surface area contributed by atoms with E-state index in [0.717, 1.165) is 9.35 Å². The average molecular weight is 388 g/mol. The van der Waals surface area contributed by atoms with Crippen molar-refractivity contribution < 1.29 is 9.53 Å². The molecule has 0 saturated carbocycles. The molecular weight excluding hydrogens is 370 g/mol. The second-order valence-corrected chi connectivity index (χ2v) is 6.67. The van der Waals surface area contributed by atoms with E-state index in [-0.39, 0.29) is 24.3 Å². The first-order chi connectivity index (χ1) is 10.5. The largest absolute Gasteiger partial charge is 0.473 e. The lowest BCUT2D eigenvalue weighted by molar-refractivity contribution is -0.119. The molecule has 0 saturated heterocycles. The normalized spacial score (nSPS) is 12.1. The predicted octanol–water partition coefficient (Wildman–Crippen LogP) is 3.47. The lowest BCUT2D eigenvalue weighted by atomic mass is 10.1. The molecule has 0 bridgehead atoms. The molecule has 0 aromatic carbocycles. The molecule has 7 nitrogen and oxygen atoms in total. The van der Waals surface area contributed by atoms with Gasteiger partial charge in [0.15, 0.2) is 0 Å². The third-order valence-electron chi connectivity index (χ3n) is 2.84. The van der Waals surface area contributed by atoms with E-state index in [9.17, 15) is 4.79 Å². The van der Waals surface area contributed by atoms with Crippen LogP contribution in [-0.2, 0) is 16.1 Å². The molecule has 5 N–H and O–H groups in total. The number of hydrogen-bond acceptors (Lipinski definition) is 7. The van der Waals surface area contributed by atoms with E-state index in [1.165, 1.54) is 23.6 Å². The highest BCUT2D eigenvalue weighted by molar-refractivity contribution is 9.11.